The fourth-order valence-electron chi connectivity index (χ4n) is 1.44. The van der Waals surface area contributed by atoms with Crippen LogP contribution in [0.25, 0.3) is 0 Å². The van der Waals surface area contributed by atoms with Crippen molar-refractivity contribution in [3.05, 3.63) is 61.8 Å². The lowest BCUT2D eigenvalue weighted by molar-refractivity contribution is -0.402. The number of alkyl halides is 1. The number of halogens is 3. The van der Waals surface area contributed by atoms with Crippen LogP contribution in [0.1, 0.15) is 16.2 Å². The molecule has 0 fully saturated rings. The summed E-state index contributed by atoms with van der Waals surface area (Å²) in [4.78, 5) is 9.56. The third-order valence-electron chi connectivity index (χ3n) is 2.27. The second-order valence-corrected chi connectivity index (χ2v) is 5.22. The Kier molecular flexibility index (Phi) is 3.94. The van der Waals surface area contributed by atoms with E-state index in [1.54, 1.807) is 18.2 Å². The van der Waals surface area contributed by atoms with E-state index in [1.807, 2.05) is 0 Å². The summed E-state index contributed by atoms with van der Waals surface area (Å²) in [5.41, 5.74) is 0.688. The lowest BCUT2D eigenvalue weighted by Gasteiger charge is -2.09. The minimum atomic E-state index is -0.594. The van der Waals surface area contributed by atoms with Gasteiger partial charge < -0.3 is 4.42 Å². The molecule has 0 aliphatic rings. The van der Waals surface area contributed by atoms with Crippen molar-refractivity contribution in [1.29, 1.82) is 0 Å². The molecular weight excluding hydrogens is 345 g/mol. The van der Waals surface area contributed by atoms with Crippen LogP contribution in [0.3, 0.4) is 0 Å². The van der Waals surface area contributed by atoms with Crippen LogP contribution in [0.2, 0.25) is 10.0 Å². The monoisotopic (exact) mass is 349 g/mol. The second-order valence-electron chi connectivity index (χ2n) is 3.46. The maximum Gasteiger partial charge on any atom is 0.433 e. The molecule has 1 heterocycles. The fourth-order valence-corrected chi connectivity index (χ4v) is 2.60. The predicted molar refractivity (Wildman–Crippen MR) is 72.6 cm³/mol. The predicted octanol–water partition coefficient (Wildman–Crippen LogP) is 4.98. The summed E-state index contributed by atoms with van der Waals surface area (Å²) in [6.07, 6.45) is 0. The first-order valence-electron chi connectivity index (χ1n) is 4.82. The van der Waals surface area contributed by atoms with Gasteiger partial charge in [-0.3, -0.25) is 10.1 Å². The first-order chi connectivity index (χ1) is 8.49. The van der Waals surface area contributed by atoms with E-state index in [-0.39, 0.29) is 5.88 Å². The zero-order chi connectivity index (χ0) is 13.3. The number of hydrogen-bond donors (Lipinski definition) is 0. The summed E-state index contributed by atoms with van der Waals surface area (Å²) in [6.45, 7) is 0. The van der Waals surface area contributed by atoms with Gasteiger partial charge in [0, 0.05) is 10.0 Å². The third-order valence-corrected chi connectivity index (χ3v) is 3.80. The highest BCUT2D eigenvalue weighted by atomic mass is 79.9. The highest BCUT2D eigenvalue weighted by Gasteiger charge is 2.21. The molecular formula is C11H6BrCl2NO3. The lowest BCUT2D eigenvalue weighted by Crippen LogP contribution is -1.92. The molecule has 1 unspecified atom stereocenters. The molecule has 0 radical (unpaired) electrons. The van der Waals surface area contributed by atoms with Gasteiger partial charge in [-0.25, -0.2) is 0 Å². The van der Waals surface area contributed by atoms with Crippen LogP contribution in [0.15, 0.2) is 34.7 Å². The molecule has 0 saturated carbocycles. The van der Waals surface area contributed by atoms with Crippen LogP contribution < -0.4 is 0 Å². The van der Waals surface area contributed by atoms with Gasteiger partial charge in [-0.2, -0.15) is 0 Å². The Balaban J connectivity index is 2.37. The summed E-state index contributed by atoms with van der Waals surface area (Å²) in [6, 6.07) is 7.82. The number of benzene rings is 1. The minimum Gasteiger partial charge on any atom is -0.404 e. The Morgan fingerprint density at radius 1 is 1.28 bits per heavy atom. The summed E-state index contributed by atoms with van der Waals surface area (Å²) in [7, 11) is 0. The van der Waals surface area contributed by atoms with E-state index in [0.29, 0.717) is 21.4 Å². The van der Waals surface area contributed by atoms with Gasteiger partial charge in [-0.05, 0) is 29.8 Å². The molecule has 2 aromatic rings. The van der Waals surface area contributed by atoms with E-state index in [0.717, 1.165) is 0 Å². The zero-order valence-corrected chi connectivity index (χ0v) is 11.9. The van der Waals surface area contributed by atoms with Gasteiger partial charge in [0.1, 0.15) is 10.7 Å². The summed E-state index contributed by atoms with van der Waals surface area (Å²) >= 11 is 15.3. The van der Waals surface area contributed by atoms with Crippen molar-refractivity contribution in [1.82, 2.24) is 0 Å². The summed E-state index contributed by atoms with van der Waals surface area (Å²) in [5, 5.41) is 11.6. The normalized spacial score (nSPS) is 12.4. The Hall–Kier alpha value is -1.04. The zero-order valence-electron chi connectivity index (χ0n) is 8.77. The average Bonchev–Trinajstić information content (AvgIpc) is 2.81. The Bertz CT molecular complexity index is 600. The van der Waals surface area contributed by atoms with Crippen LogP contribution in [0.4, 0.5) is 5.88 Å². The molecule has 94 valence electrons. The first-order valence-corrected chi connectivity index (χ1v) is 6.49. The molecule has 0 saturated heterocycles. The van der Waals surface area contributed by atoms with Crippen molar-refractivity contribution in [3.8, 4) is 0 Å². The van der Waals surface area contributed by atoms with Crippen LogP contribution >= 0.6 is 39.1 Å². The molecule has 0 aliphatic heterocycles. The molecule has 18 heavy (non-hydrogen) atoms. The number of rotatable bonds is 3. The second kappa shape index (κ2) is 5.30. The smallest absolute Gasteiger partial charge is 0.404 e. The summed E-state index contributed by atoms with van der Waals surface area (Å²) in [5.74, 6) is 0.0819. The van der Waals surface area contributed by atoms with Gasteiger partial charge in [-0.15, -0.1) is 0 Å². The highest BCUT2D eigenvalue weighted by molar-refractivity contribution is 9.09. The van der Waals surface area contributed by atoms with E-state index in [2.05, 4.69) is 15.9 Å². The quantitative estimate of drug-likeness (QED) is 0.445. The number of nitrogens with zero attached hydrogens (tertiary/aromatic N) is 1. The number of nitro groups is 1. The maximum absolute atomic E-state index is 10.5. The molecule has 2 rings (SSSR count). The van der Waals surface area contributed by atoms with E-state index in [4.69, 9.17) is 27.6 Å². The largest absolute Gasteiger partial charge is 0.433 e. The third kappa shape index (κ3) is 2.68. The molecule has 7 heteroatoms. The van der Waals surface area contributed by atoms with E-state index < -0.39 is 9.75 Å². The van der Waals surface area contributed by atoms with Crippen molar-refractivity contribution in [2.75, 3.05) is 0 Å². The minimum absolute atomic E-state index is 0.312. The lowest BCUT2D eigenvalue weighted by atomic mass is 10.1. The standard InChI is InChI=1S/C11H6BrCl2NO3/c12-11(7-5-6(13)1-2-8(7)14)9-3-4-10(18-9)15(16)17/h1-5,11H. The van der Waals surface area contributed by atoms with E-state index in [1.165, 1.54) is 12.1 Å². The Labute approximate surface area is 121 Å². The van der Waals surface area contributed by atoms with Crippen LogP contribution in [-0.4, -0.2) is 4.92 Å². The van der Waals surface area contributed by atoms with Crippen LogP contribution in [0, 0.1) is 10.1 Å². The maximum atomic E-state index is 10.5. The number of furan rings is 1. The van der Waals surface area contributed by atoms with E-state index >= 15 is 0 Å². The highest BCUT2D eigenvalue weighted by Crippen LogP contribution is 2.38. The summed E-state index contributed by atoms with van der Waals surface area (Å²) < 4.78 is 5.11. The molecule has 0 aliphatic carbocycles. The Morgan fingerprint density at radius 2 is 2.00 bits per heavy atom. The van der Waals surface area contributed by atoms with Crippen molar-refractivity contribution in [2.24, 2.45) is 0 Å². The molecule has 0 N–H and O–H groups in total. The van der Waals surface area contributed by atoms with Gasteiger partial charge in [-0.1, -0.05) is 39.1 Å². The first kappa shape index (κ1) is 13.4. The van der Waals surface area contributed by atoms with Crippen molar-refractivity contribution < 1.29 is 9.34 Å². The Morgan fingerprint density at radius 3 is 2.61 bits per heavy atom. The molecule has 0 bridgehead atoms. The molecule has 4 nitrogen and oxygen atoms in total. The van der Waals surface area contributed by atoms with Crippen LogP contribution in [-0.2, 0) is 0 Å². The SMILES string of the molecule is O=[N+]([O-])c1ccc(C(Br)c2cc(Cl)ccc2Cl)o1. The average molecular weight is 351 g/mol. The van der Waals surface area contributed by atoms with Crippen LogP contribution in [0.5, 0.6) is 0 Å². The van der Waals surface area contributed by atoms with Gasteiger partial charge in [0.2, 0.25) is 0 Å². The van der Waals surface area contributed by atoms with E-state index in [9.17, 15) is 10.1 Å². The van der Waals surface area contributed by atoms with Crippen molar-refractivity contribution in [2.45, 2.75) is 4.83 Å². The van der Waals surface area contributed by atoms with Gasteiger partial charge in [0.05, 0.1) is 10.9 Å². The number of hydrogen-bond acceptors (Lipinski definition) is 3. The molecule has 1 atom stereocenters. The molecule has 1 aromatic heterocycles. The molecule has 1 aromatic carbocycles. The van der Waals surface area contributed by atoms with Crippen molar-refractivity contribution in [3.63, 3.8) is 0 Å². The molecule has 0 amide bonds. The van der Waals surface area contributed by atoms with Gasteiger partial charge in [0.15, 0.2) is 0 Å². The molecule has 0 spiro atoms. The van der Waals surface area contributed by atoms with Gasteiger partial charge >= 0.3 is 5.88 Å². The fraction of sp³-hybridized carbons (Fsp3) is 0.0909. The van der Waals surface area contributed by atoms with Gasteiger partial charge in [0.25, 0.3) is 0 Å². The topological polar surface area (TPSA) is 56.3 Å². The van der Waals surface area contributed by atoms with Crippen molar-refractivity contribution >= 4 is 45.0 Å².